The van der Waals surface area contributed by atoms with Gasteiger partial charge >= 0.3 is 6.03 Å². The number of hydrogen-bond acceptors (Lipinski definition) is 1. The van der Waals surface area contributed by atoms with Crippen LogP contribution in [0.5, 0.6) is 0 Å². The first-order chi connectivity index (χ1) is 11.0. The quantitative estimate of drug-likeness (QED) is 0.876. The third kappa shape index (κ3) is 2.85. The summed E-state index contributed by atoms with van der Waals surface area (Å²) in [6.45, 7) is 9.95. The molecular formula is C19H25N3O. The minimum atomic E-state index is -0.00402. The molecule has 1 aliphatic heterocycles. The zero-order chi connectivity index (χ0) is 16.6. The Balaban J connectivity index is 1.83. The maximum atomic E-state index is 12.8. The van der Waals surface area contributed by atoms with Crippen LogP contribution in [0.2, 0.25) is 0 Å². The van der Waals surface area contributed by atoms with Gasteiger partial charge in [-0.25, -0.2) is 4.79 Å². The van der Waals surface area contributed by atoms with Gasteiger partial charge in [-0.1, -0.05) is 19.1 Å². The van der Waals surface area contributed by atoms with Crippen molar-refractivity contribution in [2.45, 2.75) is 46.7 Å². The van der Waals surface area contributed by atoms with Gasteiger partial charge in [0, 0.05) is 30.2 Å². The van der Waals surface area contributed by atoms with Gasteiger partial charge in [0.1, 0.15) is 0 Å². The smallest absolute Gasteiger partial charge is 0.322 e. The summed E-state index contributed by atoms with van der Waals surface area (Å²) in [4.78, 5) is 14.8. The lowest BCUT2D eigenvalue weighted by atomic mass is 10.1. The molecule has 1 atom stereocenters. The molecule has 2 aromatic rings. The number of rotatable bonds is 2. The molecule has 0 fully saturated rings. The number of urea groups is 1. The van der Waals surface area contributed by atoms with Crippen LogP contribution in [-0.2, 0) is 6.54 Å². The first kappa shape index (κ1) is 15.7. The van der Waals surface area contributed by atoms with Crippen molar-refractivity contribution in [3.63, 3.8) is 0 Å². The van der Waals surface area contributed by atoms with Crippen LogP contribution in [0.4, 0.5) is 10.5 Å². The minimum Gasteiger partial charge on any atom is -0.345 e. The number of amides is 2. The van der Waals surface area contributed by atoms with E-state index in [-0.39, 0.29) is 12.1 Å². The Hall–Kier alpha value is -2.23. The van der Waals surface area contributed by atoms with Gasteiger partial charge in [-0.05, 0) is 56.5 Å². The molecular weight excluding hydrogens is 286 g/mol. The van der Waals surface area contributed by atoms with Crippen LogP contribution in [0.1, 0.15) is 41.9 Å². The molecule has 0 saturated heterocycles. The normalized spacial score (nSPS) is 17.0. The number of benzene rings is 1. The van der Waals surface area contributed by atoms with E-state index in [0.29, 0.717) is 0 Å². The fourth-order valence-electron chi connectivity index (χ4n) is 3.44. The van der Waals surface area contributed by atoms with Gasteiger partial charge in [-0.15, -0.1) is 0 Å². The van der Waals surface area contributed by atoms with Crippen molar-refractivity contribution in [3.05, 3.63) is 52.8 Å². The average Bonchev–Trinajstić information content (AvgIpc) is 2.91. The van der Waals surface area contributed by atoms with E-state index in [1.54, 1.807) is 0 Å². The average molecular weight is 311 g/mol. The lowest BCUT2D eigenvalue weighted by molar-refractivity contribution is 0.165. The van der Waals surface area contributed by atoms with Crippen molar-refractivity contribution in [2.75, 3.05) is 11.9 Å². The highest BCUT2D eigenvalue weighted by molar-refractivity contribution is 5.90. The van der Waals surface area contributed by atoms with Crippen molar-refractivity contribution in [1.29, 1.82) is 0 Å². The molecule has 0 bridgehead atoms. The van der Waals surface area contributed by atoms with Crippen LogP contribution in [0.15, 0.2) is 30.3 Å². The second-order valence-electron chi connectivity index (χ2n) is 6.42. The summed E-state index contributed by atoms with van der Waals surface area (Å²) < 4.78 is 2.33. The van der Waals surface area contributed by atoms with Crippen LogP contribution in [0.3, 0.4) is 0 Å². The number of hydrogen-bond donors (Lipinski definition) is 1. The Morgan fingerprint density at radius 3 is 2.70 bits per heavy atom. The van der Waals surface area contributed by atoms with Gasteiger partial charge in [0.05, 0.1) is 6.04 Å². The lowest BCUT2D eigenvalue weighted by Crippen LogP contribution is -2.44. The summed E-state index contributed by atoms with van der Waals surface area (Å²) >= 11 is 0. The maximum Gasteiger partial charge on any atom is 0.322 e. The predicted molar refractivity (Wildman–Crippen MR) is 93.8 cm³/mol. The van der Waals surface area contributed by atoms with Crippen molar-refractivity contribution in [1.82, 2.24) is 9.47 Å². The fourth-order valence-corrected chi connectivity index (χ4v) is 3.44. The maximum absolute atomic E-state index is 12.8. The zero-order valence-corrected chi connectivity index (χ0v) is 14.4. The summed E-state index contributed by atoms with van der Waals surface area (Å²) in [6, 6.07) is 10.6. The summed E-state index contributed by atoms with van der Waals surface area (Å²) in [6.07, 6.45) is 0.920. The number of aromatic nitrogens is 1. The van der Waals surface area contributed by atoms with Gasteiger partial charge in [-0.3, -0.25) is 0 Å². The molecule has 2 amide bonds. The number of carbonyl (C=O) groups is 1. The number of nitrogens with one attached hydrogen (secondary N) is 1. The lowest BCUT2D eigenvalue weighted by Gasteiger charge is -2.37. The number of anilines is 1. The van der Waals surface area contributed by atoms with Crippen molar-refractivity contribution < 1.29 is 4.79 Å². The van der Waals surface area contributed by atoms with Gasteiger partial charge in [-0.2, -0.15) is 0 Å². The number of fused-ring (bicyclic) bond motifs is 1. The minimum absolute atomic E-state index is 0.00402. The van der Waals surface area contributed by atoms with Gasteiger partial charge in [0.2, 0.25) is 0 Å². The molecule has 2 heterocycles. The molecule has 122 valence electrons. The van der Waals surface area contributed by atoms with Crippen LogP contribution in [-0.4, -0.2) is 22.0 Å². The molecule has 1 N–H and O–H groups in total. The summed E-state index contributed by atoms with van der Waals surface area (Å²) in [5, 5.41) is 3.10. The first-order valence-corrected chi connectivity index (χ1v) is 8.32. The molecule has 0 aliphatic carbocycles. The highest BCUT2D eigenvalue weighted by atomic mass is 16.2. The van der Waals surface area contributed by atoms with Gasteiger partial charge in [0.25, 0.3) is 0 Å². The van der Waals surface area contributed by atoms with Crippen molar-refractivity contribution in [2.24, 2.45) is 0 Å². The second-order valence-corrected chi connectivity index (χ2v) is 6.42. The molecule has 3 rings (SSSR count). The molecule has 4 heteroatoms. The van der Waals surface area contributed by atoms with E-state index >= 15 is 0 Å². The van der Waals surface area contributed by atoms with E-state index in [1.165, 1.54) is 11.4 Å². The summed E-state index contributed by atoms with van der Waals surface area (Å²) in [7, 11) is 0. The predicted octanol–water partition coefficient (Wildman–Crippen LogP) is 4.41. The van der Waals surface area contributed by atoms with E-state index in [9.17, 15) is 4.79 Å². The SMILES string of the molecule is CCC1c2ccc(C)n2CCN1C(=O)Nc1cc(C)ccc1C. The van der Waals surface area contributed by atoms with E-state index in [1.807, 2.05) is 30.9 Å². The van der Waals surface area contributed by atoms with Crippen LogP contribution >= 0.6 is 0 Å². The van der Waals surface area contributed by atoms with E-state index < -0.39 is 0 Å². The number of aryl methyl sites for hydroxylation is 3. The van der Waals surface area contributed by atoms with E-state index in [0.717, 1.165) is 36.3 Å². The Labute approximate surface area is 138 Å². The molecule has 1 unspecified atom stereocenters. The Morgan fingerprint density at radius 1 is 1.17 bits per heavy atom. The van der Waals surface area contributed by atoms with Gasteiger partial charge in [0.15, 0.2) is 0 Å². The van der Waals surface area contributed by atoms with Crippen LogP contribution in [0, 0.1) is 20.8 Å². The molecule has 0 saturated carbocycles. The first-order valence-electron chi connectivity index (χ1n) is 8.32. The highest BCUT2D eigenvalue weighted by Gasteiger charge is 2.30. The summed E-state index contributed by atoms with van der Waals surface area (Å²) in [5.41, 5.74) is 5.66. The largest absolute Gasteiger partial charge is 0.345 e. The highest BCUT2D eigenvalue weighted by Crippen LogP contribution is 2.31. The molecule has 1 aromatic heterocycles. The molecule has 1 aliphatic rings. The second kappa shape index (κ2) is 6.11. The third-order valence-electron chi connectivity index (χ3n) is 4.80. The molecule has 0 radical (unpaired) electrons. The Bertz CT molecular complexity index is 732. The fraction of sp³-hybridized carbons (Fsp3) is 0.421. The Morgan fingerprint density at radius 2 is 1.96 bits per heavy atom. The molecule has 23 heavy (non-hydrogen) atoms. The standard InChI is InChI=1S/C19H25N3O/c1-5-17-18-9-8-15(4)21(18)10-11-22(17)19(23)20-16-12-13(2)6-7-14(16)3/h6-9,12,17H,5,10-11H2,1-4H3,(H,20,23). The van der Waals surface area contributed by atoms with E-state index in [4.69, 9.17) is 0 Å². The van der Waals surface area contributed by atoms with Crippen LogP contribution in [0.25, 0.3) is 0 Å². The monoisotopic (exact) mass is 311 g/mol. The topological polar surface area (TPSA) is 37.3 Å². The Kier molecular flexibility index (Phi) is 4.16. The third-order valence-corrected chi connectivity index (χ3v) is 4.80. The summed E-state index contributed by atoms with van der Waals surface area (Å²) in [5.74, 6) is 0. The molecule has 4 nitrogen and oxygen atoms in total. The number of nitrogens with zero attached hydrogens (tertiary/aromatic N) is 2. The molecule has 1 aromatic carbocycles. The molecule has 0 spiro atoms. The number of carbonyl (C=O) groups excluding carboxylic acids is 1. The van der Waals surface area contributed by atoms with Crippen molar-refractivity contribution in [3.8, 4) is 0 Å². The van der Waals surface area contributed by atoms with E-state index in [2.05, 4.69) is 41.9 Å². The zero-order valence-electron chi connectivity index (χ0n) is 14.4. The van der Waals surface area contributed by atoms with Gasteiger partial charge < -0.3 is 14.8 Å². The van der Waals surface area contributed by atoms with Crippen molar-refractivity contribution >= 4 is 11.7 Å². The van der Waals surface area contributed by atoms with Crippen LogP contribution < -0.4 is 5.32 Å².